The molecule has 1 aliphatic heterocycles. The molecule has 25 heavy (non-hydrogen) atoms. The molecule has 1 fully saturated rings. The molecule has 0 amide bonds. The van der Waals surface area contributed by atoms with Gasteiger partial charge in [-0.2, -0.15) is 0 Å². The van der Waals surface area contributed by atoms with Gasteiger partial charge in [-0.05, 0) is 37.5 Å². The first kappa shape index (κ1) is 16.1. The second kappa shape index (κ2) is 6.48. The Labute approximate surface area is 148 Å². The molecule has 1 aromatic heterocycles. The normalized spacial score (nSPS) is 15.4. The molecule has 0 spiro atoms. The van der Waals surface area contributed by atoms with Crippen LogP contribution in [-0.4, -0.2) is 21.5 Å². The number of hydrogen-bond acceptors (Lipinski definition) is 3. The summed E-state index contributed by atoms with van der Waals surface area (Å²) >= 11 is 0. The van der Waals surface area contributed by atoms with E-state index in [9.17, 15) is 8.42 Å². The van der Waals surface area contributed by atoms with E-state index in [4.69, 9.17) is 0 Å². The van der Waals surface area contributed by atoms with Crippen LogP contribution in [0.15, 0.2) is 70.6 Å². The smallest absolute Gasteiger partial charge is 0.214 e. The summed E-state index contributed by atoms with van der Waals surface area (Å²) in [5.74, 6) is 0. The Morgan fingerprint density at radius 1 is 0.840 bits per heavy atom. The molecule has 128 valence electrons. The number of aromatic nitrogens is 1. The minimum Gasteiger partial charge on any atom is -0.370 e. The summed E-state index contributed by atoms with van der Waals surface area (Å²) in [6.45, 7) is 1.79. The van der Waals surface area contributed by atoms with Crippen molar-refractivity contribution in [3.63, 3.8) is 0 Å². The Morgan fingerprint density at radius 2 is 1.52 bits per heavy atom. The van der Waals surface area contributed by atoms with Crippen LogP contribution in [0, 0.1) is 0 Å². The largest absolute Gasteiger partial charge is 0.370 e. The molecule has 4 nitrogen and oxygen atoms in total. The molecule has 4 rings (SSSR count). The molecule has 0 atom stereocenters. The molecule has 5 heteroatoms. The summed E-state index contributed by atoms with van der Waals surface area (Å²) in [5, 5.41) is 0.960. The van der Waals surface area contributed by atoms with E-state index >= 15 is 0 Å². The van der Waals surface area contributed by atoms with Gasteiger partial charge in [0.15, 0.2) is 11.1 Å². The maximum Gasteiger partial charge on any atom is 0.214 e. The molecule has 0 aliphatic carbocycles. The third-order valence-electron chi connectivity index (χ3n) is 4.79. The van der Waals surface area contributed by atoms with Crippen molar-refractivity contribution in [1.29, 1.82) is 0 Å². The van der Waals surface area contributed by atoms with Gasteiger partial charge < -0.3 is 4.90 Å². The molecule has 0 bridgehead atoms. The van der Waals surface area contributed by atoms with Crippen LogP contribution in [0.2, 0.25) is 0 Å². The van der Waals surface area contributed by atoms with E-state index in [2.05, 4.69) is 9.88 Å². The first-order valence-corrected chi connectivity index (χ1v) is 10.1. The third kappa shape index (κ3) is 2.89. The van der Waals surface area contributed by atoms with Crippen LogP contribution in [0.25, 0.3) is 10.9 Å². The number of para-hydroxylation sites is 1. The molecular weight excluding hydrogens is 332 g/mol. The average Bonchev–Trinajstić information content (AvgIpc) is 2.68. The van der Waals surface area contributed by atoms with E-state index in [0.29, 0.717) is 9.79 Å². The Kier molecular flexibility index (Phi) is 4.17. The summed E-state index contributed by atoms with van der Waals surface area (Å²) < 4.78 is 26.6. The van der Waals surface area contributed by atoms with Crippen LogP contribution < -0.4 is 9.88 Å². The zero-order valence-electron chi connectivity index (χ0n) is 14.0. The van der Waals surface area contributed by atoms with E-state index in [-0.39, 0.29) is 0 Å². The SMILES string of the molecule is O=S(=O)(c1ccccc1)c1c[nH+]c2ccccc2c1N1CCCCC1. The number of pyridine rings is 1. The summed E-state index contributed by atoms with van der Waals surface area (Å²) in [6, 6.07) is 16.6. The van der Waals surface area contributed by atoms with Crippen molar-refractivity contribution in [3.05, 3.63) is 60.8 Å². The summed E-state index contributed by atoms with van der Waals surface area (Å²) in [4.78, 5) is 6.09. The van der Waals surface area contributed by atoms with Crippen molar-refractivity contribution in [3.8, 4) is 0 Å². The van der Waals surface area contributed by atoms with Gasteiger partial charge in [-0.3, -0.25) is 0 Å². The maximum absolute atomic E-state index is 13.3. The molecule has 1 N–H and O–H groups in total. The monoisotopic (exact) mass is 353 g/mol. The standard InChI is InChI=1S/C20H20N2O2S/c23-25(24,16-9-3-1-4-10-16)19-15-21-18-12-6-5-11-17(18)20(19)22-13-7-2-8-14-22/h1,3-6,9-12,15H,2,7-8,13-14H2/p+1. The highest BCUT2D eigenvalue weighted by Crippen LogP contribution is 2.35. The first-order chi connectivity index (χ1) is 12.2. The van der Waals surface area contributed by atoms with Crippen molar-refractivity contribution in [2.75, 3.05) is 18.0 Å². The lowest BCUT2D eigenvalue weighted by molar-refractivity contribution is -0.347. The van der Waals surface area contributed by atoms with Gasteiger partial charge in [-0.15, -0.1) is 0 Å². The lowest BCUT2D eigenvalue weighted by Gasteiger charge is -2.30. The lowest BCUT2D eigenvalue weighted by atomic mass is 10.1. The van der Waals surface area contributed by atoms with Crippen molar-refractivity contribution in [2.45, 2.75) is 29.1 Å². The number of nitrogens with one attached hydrogen (secondary N) is 1. The van der Waals surface area contributed by atoms with Crippen molar-refractivity contribution < 1.29 is 13.4 Å². The van der Waals surface area contributed by atoms with Gasteiger partial charge in [0.05, 0.1) is 16.0 Å². The van der Waals surface area contributed by atoms with Crippen LogP contribution >= 0.6 is 0 Å². The molecule has 0 radical (unpaired) electrons. The first-order valence-electron chi connectivity index (χ1n) is 8.66. The van der Waals surface area contributed by atoms with Crippen LogP contribution in [-0.2, 0) is 9.84 Å². The number of anilines is 1. The zero-order chi connectivity index (χ0) is 17.3. The molecule has 0 unspecified atom stereocenters. The predicted octanol–water partition coefficient (Wildman–Crippen LogP) is 3.48. The quantitative estimate of drug-likeness (QED) is 0.724. The van der Waals surface area contributed by atoms with Crippen molar-refractivity contribution >= 4 is 26.4 Å². The molecule has 2 aromatic carbocycles. The Bertz CT molecular complexity index is 995. The number of fused-ring (bicyclic) bond motifs is 1. The zero-order valence-corrected chi connectivity index (χ0v) is 14.8. The lowest BCUT2D eigenvalue weighted by Crippen LogP contribution is -2.31. The molecule has 1 aliphatic rings. The summed E-state index contributed by atoms with van der Waals surface area (Å²) in [7, 11) is -3.58. The number of hydrogen-bond donors (Lipinski definition) is 0. The number of H-pyrrole nitrogens is 1. The van der Waals surface area contributed by atoms with E-state index in [0.717, 1.165) is 42.5 Å². The summed E-state index contributed by atoms with van der Waals surface area (Å²) in [6.07, 6.45) is 5.04. The van der Waals surface area contributed by atoms with Gasteiger partial charge in [0, 0.05) is 19.2 Å². The van der Waals surface area contributed by atoms with Crippen LogP contribution in [0.5, 0.6) is 0 Å². The van der Waals surface area contributed by atoms with Gasteiger partial charge in [0.1, 0.15) is 0 Å². The minimum absolute atomic E-state index is 0.331. The van der Waals surface area contributed by atoms with Crippen LogP contribution in [0.3, 0.4) is 0 Å². The van der Waals surface area contributed by atoms with Crippen LogP contribution in [0.4, 0.5) is 5.69 Å². The number of aromatic amines is 1. The number of benzene rings is 2. The van der Waals surface area contributed by atoms with E-state index in [1.54, 1.807) is 30.5 Å². The molecule has 3 aromatic rings. The van der Waals surface area contributed by atoms with E-state index < -0.39 is 9.84 Å². The Balaban J connectivity index is 1.97. The third-order valence-corrected chi connectivity index (χ3v) is 6.57. The second-order valence-electron chi connectivity index (χ2n) is 6.41. The summed E-state index contributed by atoms with van der Waals surface area (Å²) in [5.41, 5.74) is 1.79. The number of nitrogens with zero attached hydrogens (tertiary/aromatic N) is 1. The second-order valence-corrected chi connectivity index (χ2v) is 8.33. The molecular formula is C20H21N2O2S+. The fraction of sp³-hybridized carbons (Fsp3) is 0.250. The number of piperidine rings is 1. The maximum atomic E-state index is 13.3. The fourth-order valence-electron chi connectivity index (χ4n) is 3.54. The fourth-order valence-corrected chi connectivity index (χ4v) is 5.01. The number of rotatable bonds is 3. The molecule has 0 saturated carbocycles. The van der Waals surface area contributed by atoms with Gasteiger partial charge in [0.2, 0.25) is 15.4 Å². The Morgan fingerprint density at radius 3 is 2.28 bits per heavy atom. The van der Waals surface area contributed by atoms with Crippen molar-refractivity contribution in [1.82, 2.24) is 0 Å². The minimum atomic E-state index is -3.58. The highest BCUT2D eigenvalue weighted by molar-refractivity contribution is 7.91. The van der Waals surface area contributed by atoms with Gasteiger partial charge in [-0.25, -0.2) is 13.4 Å². The highest BCUT2D eigenvalue weighted by atomic mass is 32.2. The highest BCUT2D eigenvalue weighted by Gasteiger charge is 2.29. The van der Waals surface area contributed by atoms with E-state index in [1.165, 1.54) is 6.42 Å². The van der Waals surface area contributed by atoms with Crippen LogP contribution in [0.1, 0.15) is 19.3 Å². The van der Waals surface area contributed by atoms with Gasteiger partial charge >= 0.3 is 0 Å². The molecule has 1 saturated heterocycles. The average molecular weight is 353 g/mol. The van der Waals surface area contributed by atoms with E-state index in [1.807, 2.05) is 30.3 Å². The number of sulfone groups is 1. The van der Waals surface area contributed by atoms with Gasteiger partial charge in [0.25, 0.3) is 0 Å². The molecule has 2 heterocycles. The Hall–Kier alpha value is -2.40. The van der Waals surface area contributed by atoms with Crippen molar-refractivity contribution in [2.24, 2.45) is 0 Å². The van der Waals surface area contributed by atoms with Gasteiger partial charge in [-0.1, -0.05) is 30.3 Å². The predicted molar refractivity (Wildman–Crippen MR) is 98.5 cm³/mol. The topological polar surface area (TPSA) is 51.5 Å².